The summed E-state index contributed by atoms with van der Waals surface area (Å²) in [5.41, 5.74) is 0.352. The van der Waals surface area contributed by atoms with E-state index in [-0.39, 0.29) is 5.91 Å². The van der Waals surface area contributed by atoms with Gasteiger partial charge in [0.25, 0.3) is 0 Å². The van der Waals surface area contributed by atoms with E-state index in [0.717, 1.165) is 12.8 Å². The maximum atomic E-state index is 12.3. The lowest BCUT2D eigenvalue weighted by Gasteiger charge is -2.18. The van der Waals surface area contributed by atoms with E-state index in [1.54, 1.807) is 29.2 Å². The van der Waals surface area contributed by atoms with Crippen LogP contribution < -0.4 is 4.74 Å². The van der Waals surface area contributed by atoms with Gasteiger partial charge in [-0.3, -0.25) is 9.59 Å². The van der Waals surface area contributed by atoms with E-state index in [2.05, 4.69) is 0 Å². The van der Waals surface area contributed by atoms with Crippen LogP contribution in [0.15, 0.2) is 24.3 Å². The second-order valence-electron chi connectivity index (χ2n) is 4.69. The van der Waals surface area contributed by atoms with E-state index in [1.165, 1.54) is 7.11 Å². The zero-order valence-electron chi connectivity index (χ0n) is 11.3. The summed E-state index contributed by atoms with van der Waals surface area (Å²) in [4.78, 5) is 26.0. The van der Waals surface area contributed by atoms with Crippen molar-refractivity contribution in [3.05, 3.63) is 29.8 Å². The number of likely N-dealkylation sites (tertiary alicyclic amines) is 1. The van der Waals surface area contributed by atoms with Gasteiger partial charge in [-0.05, 0) is 37.1 Å². The Kier molecular flexibility index (Phi) is 4.36. The average molecular weight is 272 g/mol. The fourth-order valence-electron chi connectivity index (χ4n) is 2.27. The maximum Gasteiger partial charge on any atom is 0.247 e. The Morgan fingerprint density at radius 3 is 2.35 bits per heavy atom. The number of Topliss-reactive ketones (excluding diaryl/α,β-unsaturated/α-hetero) is 1. The Balaban J connectivity index is 2.15. The van der Waals surface area contributed by atoms with Crippen molar-refractivity contribution in [2.45, 2.75) is 12.8 Å². The van der Waals surface area contributed by atoms with Gasteiger partial charge in [-0.25, -0.2) is 0 Å². The molecule has 0 N–H and O–H groups in total. The van der Waals surface area contributed by atoms with E-state index in [9.17, 15) is 9.59 Å². The molecule has 104 valence electrons. The molecule has 1 amide bonds. The number of carbonyl (C=O) groups excluding carboxylic acids is 2. The summed E-state index contributed by atoms with van der Waals surface area (Å²) in [5.74, 6) is -1.46. The van der Waals surface area contributed by atoms with Gasteiger partial charge in [0.1, 0.15) is 5.75 Å². The maximum absolute atomic E-state index is 12.3. The Hall–Kier alpha value is -2.35. The van der Waals surface area contributed by atoms with Gasteiger partial charge >= 0.3 is 0 Å². The molecule has 1 heterocycles. The minimum absolute atomic E-state index is 0.352. The summed E-state index contributed by atoms with van der Waals surface area (Å²) < 4.78 is 5.01. The van der Waals surface area contributed by atoms with Crippen LogP contribution in [0.3, 0.4) is 0 Å². The summed E-state index contributed by atoms with van der Waals surface area (Å²) in [6, 6.07) is 8.26. The van der Waals surface area contributed by atoms with Crippen molar-refractivity contribution >= 4 is 11.7 Å². The Morgan fingerprint density at radius 1 is 1.25 bits per heavy atom. The summed E-state index contributed by atoms with van der Waals surface area (Å²) in [7, 11) is 1.53. The van der Waals surface area contributed by atoms with Gasteiger partial charge in [-0.1, -0.05) is 0 Å². The molecule has 0 spiro atoms. The SMILES string of the molecule is COc1ccc(C(=O)[C@H](C#N)C(=O)N2CCCC2)cc1. The van der Waals surface area contributed by atoms with Crippen molar-refractivity contribution < 1.29 is 14.3 Å². The third kappa shape index (κ3) is 2.80. The number of ketones is 1. The Morgan fingerprint density at radius 2 is 1.85 bits per heavy atom. The van der Waals surface area contributed by atoms with Crippen LogP contribution in [0, 0.1) is 17.2 Å². The molecule has 1 aliphatic heterocycles. The van der Waals surface area contributed by atoms with Crippen molar-refractivity contribution in [1.29, 1.82) is 5.26 Å². The number of nitriles is 1. The van der Waals surface area contributed by atoms with Gasteiger partial charge in [0.2, 0.25) is 5.91 Å². The van der Waals surface area contributed by atoms with Gasteiger partial charge < -0.3 is 9.64 Å². The molecule has 1 saturated heterocycles. The van der Waals surface area contributed by atoms with Crippen LogP contribution in [-0.2, 0) is 4.79 Å². The Labute approximate surface area is 117 Å². The number of hydrogen-bond donors (Lipinski definition) is 0. The second-order valence-corrected chi connectivity index (χ2v) is 4.69. The fourth-order valence-corrected chi connectivity index (χ4v) is 2.27. The van der Waals surface area contributed by atoms with Gasteiger partial charge in [0.05, 0.1) is 13.2 Å². The number of ether oxygens (including phenoxy) is 1. The number of nitrogens with zero attached hydrogens (tertiary/aromatic N) is 2. The van der Waals surface area contributed by atoms with Crippen LogP contribution in [-0.4, -0.2) is 36.8 Å². The third-order valence-corrected chi connectivity index (χ3v) is 3.43. The molecule has 2 rings (SSSR count). The van der Waals surface area contributed by atoms with Crippen LogP contribution in [0.2, 0.25) is 0 Å². The highest BCUT2D eigenvalue weighted by Crippen LogP contribution is 2.18. The molecule has 1 fully saturated rings. The van der Waals surface area contributed by atoms with Crippen LogP contribution in [0.5, 0.6) is 5.75 Å². The molecule has 5 heteroatoms. The van der Waals surface area contributed by atoms with E-state index < -0.39 is 11.7 Å². The van der Waals surface area contributed by atoms with E-state index in [1.807, 2.05) is 6.07 Å². The van der Waals surface area contributed by atoms with Crippen LogP contribution in [0.1, 0.15) is 23.2 Å². The van der Waals surface area contributed by atoms with E-state index >= 15 is 0 Å². The number of amides is 1. The summed E-state index contributed by atoms with van der Waals surface area (Å²) in [6.45, 7) is 1.26. The highest BCUT2D eigenvalue weighted by molar-refractivity contribution is 6.12. The molecule has 0 radical (unpaired) electrons. The first-order valence-corrected chi connectivity index (χ1v) is 6.54. The topological polar surface area (TPSA) is 70.4 Å². The molecule has 1 aromatic carbocycles. The highest BCUT2D eigenvalue weighted by atomic mass is 16.5. The molecular weight excluding hydrogens is 256 g/mol. The molecule has 0 unspecified atom stereocenters. The number of carbonyl (C=O) groups is 2. The second kappa shape index (κ2) is 6.20. The molecule has 0 saturated carbocycles. The third-order valence-electron chi connectivity index (χ3n) is 3.43. The lowest BCUT2D eigenvalue weighted by atomic mass is 9.97. The molecule has 0 bridgehead atoms. The van der Waals surface area contributed by atoms with Crippen LogP contribution in [0.4, 0.5) is 0 Å². The molecule has 20 heavy (non-hydrogen) atoms. The molecule has 1 aromatic rings. The standard InChI is InChI=1S/C15H16N2O3/c1-20-12-6-4-11(5-7-12)14(18)13(10-16)15(19)17-8-2-3-9-17/h4-7,13H,2-3,8-9H2,1H3/t13-/m0/s1. The largest absolute Gasteiger partial charge is 0.497 e. The van der Waals surface area contributed by atoms with Crippen molar-refractivity contribution in [1.82, 2.24) is 4.90 Å². The van der Waals surface area contributed by atoms with E-state index in [4.69, 9.17) is 10.00 Å². The number of benzene rings is 1. The lowest BCUT2D eigenvalue weighted by molar-refractivity contribution is -0.131. The highest BCUT2D eigenvalue weighted by Gasteiger charge is 2.32. The monoisotopic (exact) mass is 272 g/mol. The number of hydrogen-bond acceptors (Lipinski definition) is 4. The predicted molar refractivity (Wildman–Crippen MR) is 72.2 cm³/mol. The van der Waals surface area contributed by atoms with Crippen molar-refractivity contribution in [3.8, 4) is 11.8 Å². The summed E-state index contributed by atoms with van der Waals surface area (Å²) in [6.07, 6.45) is 1.86. The fraction of sp³-hybridized carbons (Fsp3) is 0.400. The zero-order chi connectivity index (χ0) is 14.5. The molecular formula is C15H16N2O3. The smallest absolute Gasteiger partial charge is 0.247 e. The molecule has 0 aliphatic carbocycles. The first kappa shape index (κ1) is 14.1. The van der Waals surface area contributed by atoms with Gasteiger partial charge in [-0.15, -0.1) is 0 Å². The van der Waals surface area contributed by atoms with Crippen LogP contribution >= 0.6 is 0 Å². The van der Waals surface area contributed by atoms with Crippen molar-refractivity contribution in [2.24, 2.45) is 5.92 Å². The molecule has 0 aromatic heterocycles. The van der Waals surface area contributed by atoms with Crippen molar-refractivity contribution in [2.75, 3.05) is 20.2 Å². The quantitative estimate of drug-likeness (QED) is 0.617. The van der Waals surface area contributed by atoms with Gasteiger partial charge in [-0.2, -0.15) is 5.26 Å². The average Bonchev–Trinajstić information content (AvgIpc) is 3.02. The first-order valence-electron chi connectivity index (χ1n) is 6.54. The normalized spacial score (nSPS) is 15.5. The van der Waals surface area contributed by atoms with Crippen LogP contribution in [0.25, 0.3) is 0 Å². The zero-order valence-corrected chi connectivity index (χ0v) is 11.3. The Bertz CT molecular complexity index is 539. The molecule has 5 nitrogen and oxygen atoms in total. The lowest BCUT2D eigenvalue weighted by Crippen LogP contribution is -2.37. The van der Waals surface area contributed by atoms with Gasteiger partial charge in [0, 0.05) is 18.7 Å². The number of rotatable bonds is 4. The number of methoxy groups -OCH3 is 1. The van der Waals surface area contributed by atoms with Gasteiger partial charge in [0.15, 0.2) is 11.7 Å². The molecule has 1 atom stereocenters. The summed E-state index contributed by atoms with van der Waals surface area (Å²) in [5, 5.41) is 9.15. The van der Waals surface area contributed by atoms with E-state index in [0.29, 0.717) is 24.4 Å². The first-order chi connectivity index (χ1) is 9.67. The molecule has 1 aliphatic rings. The minimum Gasteiger partial charge on any atom is -0.497 e. The summed E-state index contributed by atoms with van der Waals surface area (Å²) >= 11 is 0. The minimum atomic E-state index is -1.25. The predicted octanol–water partition coefficient (Wildman–Crippen LogP) is 1.64. The van der Waals surface area contributed by atoms with Crippen molar-refractivity contribution in [3.63, 3.8) is 0 Å².